The van der Waals surface area contributed by atoms with Crippen molar-refractivity contribution in [3.63, 3.8) is 0 Å². The lowest BCUT2D eigenvalue weighted by Gasteiger charge is -2.18. The molecule has 9 rings (SSSR count). The molecule has 0 unspecified atom stereocenters. The molecule has 1 heterocycles. The summed E-state index contributed by atoms with van der Waals surface area (Å²) in [6.45, 7) is 0. The molecule has 43 heavy (non-hydrogen) atoms. The fourth-order valence-corrected chi connectivity index (χ4v) is 6.68. The van der Waals surface area contributed by atoms with Crippen molar-refractivity contribution in [1.82, 2.24) is 0 Å². The van der Waals surface area contributed by atoms with Gasteiger partial charge in [0.05, 0.1) is 4.11 Å². The van der Waals surface area contributed by atoms with Crippen LogP contribution in [-0.4, -0.2) is 0 Å². The van der Waals surface area contributed by atoms with Crippen molar-refractivity contribution in [3.8, 4) is 33.4 Å². The summed E-state index contributed by atoms with van der Waals surface area (Å²) in [5.41, 5.74) is 7.12. The number of para-hydroxylation sites is 1. The van der Waals surface area contributed by atoms with E-state index < -0.39 is 0 Å². The highest BCUT2D eigenvalue weighted by Gasteiger charge is 2.20. The van der Waals surface area contributed by atoms with Gasteiger partial charge < -0.3 is 4.42 Å². The van der Waals surface area contributed by atoms with E-state index in [2.05, 4.69) is 84.9 Å². The van der Waals surface area contributed by atoms with Crippen molar-refractivity contribution in [2.75, 3.05) is 0 Å². The van der Waals surface area contributed by atoms with Gasteiger partial charge >= 0.3 is 0 Å². The van der Waals surface area contributed by atoms with Crippen molar-refractivity contribution < 1.29 is 8.53 Å². The first-order chi connectivity index (χ1) is 22.6. The van der Waals surface area contributed by atoms with Gasteiger partial charge in [-0.25, -0.2) is 0 Å². The maximum absolute atomic E-state index is 9.30. The molecular weight excluding hydrogens is 520 g/mol. The molecule has 0 spiro atoms. The standard InChI is InChI=1S/C42H26O/c1-2-11-27(12-3-1)28-21-23-30(24-22-28)39-32-15-6-8-17-34(32)40(35-18-9-7-16-33(35)39)38-20-10-19-36-37-26-25-29-13-4-5-14-31(29)41(37)43-42(36)38/h1-26H/i10D,19D,20D. The molecule has 200 valence electrons. The number of hydrogen-bond donors (Lipinski definition) is 0. The van der Waals surface area contributed by atoms with Crippen LogP contribution < -0.4 is 0 Å². The molecule has 0 bridgehead atoms. The Morgan fingerprint density at radius 1 is 0.372 bits per heavy atom. The van der Waals surface area contributed by atoms with Crippen molar-refractivity contribution in [2.24, 2.45) is 0 Å². The molecule has 0 saturated heterocycles. The summed E-state index contributed by atoms with van der Waals surface area (Å²) in [6.07, 6.45) is 0. The molecule has 8 aromatic carbocycles. The van der Waals surface area contributed by atoms with Crippen LogP contribution in [0.5, 0.6) is 0 Å². The molecule has 1 nitrogen and oxygen atoms in total. The topological polar surface area (TPSA) is 13.1 Å². The Bertz CT molecular complexity index is 2600. The van der Waals surface area contributed by atoms with E-state index in [0.717, 1.165) is 60.0 Å². The van der Waals surface area contributed by atoms with Crippen LogP contribution in [0.4, 0.5) is 0 Å². The first-order valence-corrected chi connectivity index (χ1v) is 14.5. The quantitative estimate of drug-likeness (QED) is 0.200. The molecule has 0 aliphatic carbocycles. The molecule has 0 fully saturated rings. The predicted molar refractivity (Wildman–Crippen MR) is 183 cm³/mol. The molecule has 0 aliphatic heterocycles. The molecule has 0 atom stereocenters. The Kier molecular flexibility index (Phi) is 4.63. The molecular formula is C42H26O. The summed E-state index contributed by atoms with van der Waals surface area (Å²) in [4.78, 5) is 0. The van der Waals surface area contributed by atoms with E-state index in [4.69, 9.17) is 7.16 Å². The lowest BCUT2D eigenvalue weighted by molar-refractivity contribution is 0.674. The van der Waals surface area contributed by atoms with Crippen molar-refractivity contribution in [1.29, 1.82) is 0 Å². The van der Waals surface area contributed by atoms with E-state index in [1.165, 1.54) is 5.56 Å². The third-order valence-corrected chi connectivity index (χ3v) is 8.64. The second-order valence-corrected chi connectivity index (χ2v) is 11.0. The van der Waals surface area contributed by atoms with Gasteiger partial charge in [0.2, 0.25) is 0 Å². The zero-order valence-electron chi connectivity index (χ0n) is 26.2. The molecule has 0 aliphatic rings. The molecule has 1 aromatic heterocycles. The monoisotopic (exact) mass is 549 g/mol. The van der Waals surface area contributed by atoms with Crippen LogP contribution in [0.25, 0.3) is 87.6 Å². The summed E-state index contributed by atoms with van der Waals surface area (Å²) >= 11 is 0. The Morgan fingerprint density at radius 2 is 0.930 bits per heavy atom. The Morgan fingerprint density at radius 3 is 1.63 bits per heavy atom. The van der Waals surface area contributed by atoms with E-state index in [-0.39, 0.29) is 18.1 Å². The van der Waals surface area contributed by atoms with E-state index in [1.54, 1.807) is 0 Å². The minimum atomic E-state index is -0.105. The lowest BCUT2D eigenvalue weighted by Crippen LogP contribution is -1.91. The Hall–Kier alpha value is -5.66. The second kappa shape index (κ2) is 9.44. The van der Waals surface area contributed by atoms with E-state index >= 15 is 0 Å². The summed E-state index contributed by atoms with van der Waals surface area (Å²) in [6, 6.07) is 47.7. The zero-order chi connectivity index (χ0) is 30.9. The number of benzene rings is 8. The van der Waals surface area contributed by atoms with E-state index in [1.807, 2.05) is 54.6 Å². The van der Waals surface area contributed by atoms with Crippen LogP contribution in [-0.2, 0) is 0 Å². The van der Waals surface area contributed by atoms with Gasteiger partial charge in [-0.05, 0) is 55.3 Å². The normalized spacial score (nSPS) is 12.7. The van der Waals surface area contributed by atoms with Crippen LogP contribution in [0, 0.1) is 0 Å². The largest absolute Gasteiger partial charge is 0.455 e. The van der Waals surface area contributed by atoms with Gasteiger partial charge in [-0.3, -0.25) is 0 Å². The van der Waals surface area contributed by atoms with Gasteiger partial charge in [-0.15, -0.1) is 0 Å². The van der Waals surface area contributed by atoms with Gasteiger partial charge in [0, 0.05) is 27.3 Å². The van der Waals surface area contributed by atoms with Crippen LogP contribution >= 0.6 is 0 Å². The summed E-state index contributed by atoms with van der Waals surface area (Å²) in [7, 11) is 0. The minimum Gasteiger partial charge on any atom is -0.455 e. The van der Waals surface area contributed by atoms with Crippen molar-refractivity contribution in [2.45, 2.75) is 0 Å². The van der Waals surface area contributed by atoms with Gasteiger partial charge in [-0.1, -0.05) is 152 Å². The van der Waals surface area contributed by atoms with Crippen molar-refractivity contribution >= 4 is 54.3 Å². The van der Waals surface area contributed by atoms with Gasteiger partial charge in [0.25, 0.3) is 0 Å². The van der Waals surface area contributed by atoms with Crippen molar-refractivity contribution in [3.05, 3.63) is 158 Å². The highest BCUT2D eigenvalue weighted by molar-refractivity contribution is 6.25. The third-order valence-electron chi connectivity index (χ3n) is 8.64. The van der Waals surface area contributed by atoms with Crippen LogP contribution in [0.2, 0.25) is 0 Å². The second-order valence-electron chi connectivity index (χ2n) is 11.0. The molecule has 9 aromatic rings. The average Bonchev–Trinajstić information content (AvgIpc) is 3.51. The summed E-state index contributed by atoms with van der Waals surface area (Å²) < 4.78 is 34.0. The molecule has 0 saturated carbocycles. The fraction of sp³-hybridized carbons (Fsp3) is 0. The van der Waals surface area contributed by atoms with Crippen LogP contribution in [0.1, 0.15) is 4.11 Å². The third kappa shape index (κ3) is 3.65. The zero-order valence-corrected chi connectivity index (χ0v) is 23.2. The maximum atomic E-state index is 9.30. The van der Waals surface area contributed by atoms with Gasteiger partial charge in [0.15, 0.2) is 0 Å². The smallest absolute Gasteiger partial charge is 0.143 e. The number of rotatable bonds is 3. The SMILES string of the molecule is [2H]c1c([2H])c([2H])c2c(oc3c4ccccc4ccc32)c1-c1c2ccccc2c(-c2ccc(-c3ccccc3)cc2)c2ccccc12. The van der Waals surface area contributed by atoms with E-state index in [9.17, 15) is 1.37 Å². The summed E-state index contributed by atoms with van der Waals surface area (Å²) in [5.74, 6) is 0. The minimum absolute atomic E-state index is 0.00358. The van der Waals surface area contributed by atoms with E-state index in [0.29, 0.717) is 22.1 Å². The van der Waals surface area contributed by atoms with Crippen LogP contribution in [0.3, 0.4) is 0 Å². The number of fused-ring (bicyclic) bond motifs is 7. The number of hydrogen-bond acceptors (Lipinski definition) is 1. The molecule has 0 N–H and O–H groups in total. The molecule has 0 radical (unpaired) electrons. The summed E-state index contributed by atoms with van der Waals surface area (Å²) in [5, 5.41) is 7.41. The van der Waals surface area contributed by atoms with Gasteiger partial charge in [0.1, 0.15) is 11.2 Å². The Labute approximate surface area is 253 Å². The fourth-order valence-electron chi connectivity index (χ4n) is 6.68. The predicted octanol–water partition coefficient (Wildman–Crippen LogP) is 12.0. The highest BCUT2D eigenvalue weighted by Crippen LogP contribution is 2.47. The first kappa shape index (κ1) is 21.1. The van der Waals surface area contributed by atoms with Crippen LogP contribution in [0.15, 0.2) is 162 Å². The average molecular weight is 550 g/mol. The van der Waals surface area contributed by atoms with Gasteiger partial charge in [-0.2, -0.15) is 0 Å². The Balaban J connectivity index is 1.40. The molecule has 0 amide bonds. The highest BCUT2D eigenvalue weighted by atomic mass is 16.3. The maximum Gasteiger partial charge on any atom is 0.143 e. The lowest BCUT2D eigenvalue weighted by atomic mass is 9.85. The molecule has 1 heteroatoms. The number of furan rings is 1. The first-order valence-electron chi connectivity index (χ1n) is 16.0.